The van der Waals surface area contributed by atoms with Gasteiger partial charge in [-0.25, -0.2) is 13.4 Å². The highest BCUT2D eigenvalue weighted by molar-refractivity contribution is 7.89. The molecule has 6 nitrogen and oxygen atoms in total. The minimum Gasteiger partial charge on any atom is -0.332 e. The van der Waals surface area contributed by atoms with Crippen LogP contribution >= 0.6 is 0 Å². The number of aromatic amines is 1. The van der Waals surface area contributed by atoms with Crippen molar-refractivity contribution in [2.45, 2.75) is 24.9 Å². The highest BCUT2D eigenvalue weighted by Crippen LogP contribution is 2.22. The van der Waals surface area contributed by atoms with E-state index in [4.69, 9.17) is 0 Å². The number of nitrogens with one attached hydrogen (secondary N) is 1. The van der Waals surface area contributed by atoms with Crippen LogP contribution in [0, 0.1) is 6.92 Å². The van der Waals surface area contributed by atoms with E-state index in [-0.39, 0.29) is 5.03 Å². The van der Waals surface area contributed by atoms with Gasteiger partial charge >= 0.3 is 0 Å². The first kappa shape index (κ1) is 12.3. The highest BCUT2D eigenvalue weighted by Gasteiger charge is 2.29. The number of aryl methyl sites for hydroxylation is 1. The van der Waals surface area contributed by atoms with E-state index in [1.807, 2.05) is 12.1 Å². The Morgan fingerprint density at radius 3 is 2.95 bits per heavy atom. The molecule has 1 aliphatic heterocycles. The van der Waals surface area contributed by atoms with Gasteiger partial charge in [0.1, 0.15) is 5.82 Å². The van der Waals surface area contributed by atoms with Gasteiger partial charge in [-0.15, -0.1) is 0 Å². The molecule has 0 aliphatic carbocycles. The van der Waals surface area contributed by atoms with E-state index in [0.717, 1.165) is 11.3 Å². The number of imidazole rings is 1. The topological polar surface area (TPSA) is 79.0 Å². The molecule has 0 saturated carbocycles. The van der Waals surface area contributed by atoms with Crippen molar-refractivity contribution in [1.29, 1.82) is 0 Å². The van der Waals surface area contributed by atoms with Gasteiger partial charge in [-0.3, -0.25) is 4.98 Å². The maximum Gasteiger partial charge on any atom is 0.260 e. The Labute approximate surface area is 111 Å². The van der Waals surface area contributed by atoms with Crippen LogP contribution in [0.5, 0.6) is 0 Å². The number of sulfonamides is 1. The summed E-state index contributed by atoms with van der Waals surface area (Å²) in [4.78, 5) is 11.0. The number of H-pyrrole nitrogens is 1. The number of hydrogen-bond acceptors (Lipinski definition) is 4. The molecule has 1 aliphatic rings. The molecule has 0 bridgehead atoms. The Hall–Kier alpha value is -1.73. The first-order chi connectivity index (χ1) is 9.07. The summed E-state index contributed by atoms with van der Waals surface area (Å²) in [5.41, 5.74) is 1.95. The van der Waals surface area contributed by atoms with E-state index in [2.05, 4.69) is 15.0 Å². The molecule has 0 saturated heterocycles. The van der Waals surface area contributed by atoms with Gasteiger partial charge in [-0.05, 0) is 18.6 Å². The number of nitrogens with zero attached hydrogens (tertiary/aromatic N) is 3. The first-order valence-corrected chi connectivity index (χ1v) is 7.46. The molecule has 0 fully saturated rings. The molecular formula is C12H14N4O2S. The van der Waals surface area contributed by atoms with E-state index in [1.54, 1.807) is 13.1 Å². The predicted molar refractivity (Wildman–Crippen MR) is 68.9 cm³/mol. The fourth-order valence-electron chi connectivity index (χ4n) is 2.21. The average Bonchev–Trinajstić information content (AvgIpc) is 2.85. The summed E-state index contributed by atoms with van der Waals surface area (Å²) in [5.74, 6) is 0.595. The molecule has 7 heteroatoms. The van der Waals surface area contributed by atoms with E-state index < -0.39 is 10.0 Å². The van der Waals surface area contributed by atoms with Crippen molar-refractivity contribution in [1.82, 2.24) is 19.3 Å². The van der Waals surface area contributed by atoms with Crippen molar-refractivity contribution in [3.63, 3.8) is 0 Å². The van der Waals surface area contributed by atoms with Crippen LogP contribution in [0.2, 0.25) is 0 Å². The summed E-state index contributed by atoms with van der Waals surface area (Å²) < 4.78 is 26.4. The Morgan fingerprint density at radius 1 is 1.37 bits per heavy atom. The lowest BCUT2D eigenvalue weighted by atomic mass is 10.1. The lowest BCUT2D eigenvalue weighted by Gasteiger charge is -2.26. The molecule has 0 amide bonds. The third kappa shape index (κ3) is 2.15. The van der Waals surface area contributed by atoms with Gasteiger partial charge in [0.05, 0.1) is 6.20 Å². The fourth-order valence-corrected chi connectivity index (χ4v) is 3.60. The predicted octanol–water partition coefficient (Wildman–Crippen LogP) is 0.860. The van der Waals surface area contributed by atoms with Crippen LogP contribution in [0.25, 0.3) is 0 Å². The molecule has 0 spiro atoms. The molecule has 0 aromatic carbocycles. The zero-order valence-electron chi connectivity index (χ0n) is 10.5. The van der Waals surface area contributed by atoms with Gasteiger partial charge in [0, 0.05) is 31.4 Å². The molecule has 19 heavy (non-hydrogen) atoms. The third-order valence-corrected chi connectivity index (χ3v) is 4.98. The van der Waals surface area contributed by atoms with Gasteiger partial charge in [0.25, 0.3) is 10.0 Å². The van der Waals surface area contributed by atoms with Crippen LogP contribution in [-0.2, 0) is 23.0 Å². The largest absolute Gasteiger partial charge is 0.332 e. The SMILES string of the molecule is Cc1ncc(S(=O)(=O)N2CCc3ncccc3C2)[nH]1. The van der Waals surface area contributed by atoms with Gasteiger partial charge in [0.2, 0.25) is 0 Å². The van der Waals surface area contributed by atoms with Gasteiger partial charge < -0.3 is 4.98 Å². The van der Waals surface area contributed by atoms with Crippen LogP contribution in [0.1, 0.15) is 17.1 Å². The second kappa shape index (κ2) is 4.43. The Bertz CT molecular complexity index is 708. The smallest absolute Gasteiger partial charge is 0.260 e. The summed E-state index contributed by atoms with van der Waals surface area (Å²) in [5, 5.41) is 0.150. The lowest BCUT2D eigenvalue weighted by molar-refractivity contribution is 0.386. The van der Waals surface area contributed by atoms with Gasteiger partial charge in [-0.1, -0.05) is 6.07 Å². The lowest BCUT2D eigenvalue weighted by Crippen LogP contribution is -2.36. The molecule has 2 aromatic heterocycles. The van der Waals surface area contributed by atoms with Crippen molar-refractivity contribution >= 4 is 10.0 Å². The van der Waals surface area contributed by atoms with Crippen molar-refractivity contribution in [2.24, 2.45) is 0 Å². The molecule has 100 valence electrons. The zero-order chi connectivity index (χ0) is 13.5. The maximum absolute atomic E-state index is 12.4. The second-order valence-electron chi connectivity index (χ2n) is 4.53. The minimum atomic E-state index is -3.50. The van der Waals surface area contributed by atoms with E-state index in [1.165, 1.54) is 10.5 Å². The highest BCUT2D eigenvalue weighted by atomic mass is 32.2. The van der Waals surface area contributed by atoms with Crippen LogP contribution in [0.3, 0.4) is 0 Å². The Morgan fingerprint density at radius 2 is 2.21 bits per heavy atom. The van der Waals surface area contributed by atoms with Gasteiger partial charge in [-0.2, -0.15) is 4.31 Å². The summed E-state index contributed by atoms with van der Waals surface area (Å²) >= 11 is 0. The van der Waals surface area contributed by atoms with E-state index in [0.29, 0.717) is 25.3 Å². The molecule has 2 aromatic rings. The number of fused-ring (bicyclic) bond motifs is 1. The van der Waals surface area contributed by atoms with E-state index in [9.17, 15) is 8.42 Å². The molecule has 3 rings (SSSR count). The fraction of sp³-hybridized carbons (Fsp3) is 0.333. The maximum atomic E-state index is 12.4. The van der Waals surface area contributed by atoms with Crippen LogP contribution in [0.4, 0.5) is 0 Å². The van der Waals surface area contributed by atoms with Crippen LogP contribution < -0.4 is 0 Å². The van der Waals surface area contributed by atoms with Crippen molar-refractivity contribution in [3.8, 4) is 0 Å². The summed E-state index contributed by atoms with van der Waals surface area (Å²) in [6, 6.07) is 3.75. The quantitative estimate of drug-likeness (QED) is 0.883. The molecular weight excluding hydrogens is 264 g/mol. The Kier molecular flexibility index (Phi) is 2.87. The van der Waals surface area contributed by atoms with Crippen LogP contribution in [-0.4, -0.2) is 34.2 Å². The Balaban J connectivity index is 1.93. The minimum absolute atomic E-state index is 0.150. The normalized spacial score (nSPS) is 16.3. The molecule has 0 radical (unpaired) electrons. The molecule has 1 N–H and O–H groups in total. The number of hydrogen-bond donors (Lipinski definition) is 1. The average molecular weight is 278 g/mol. The van der Waals surface area contributed by atoms with Crippen molar-refractivity contribution < 1.29 is 8.42 Å². The summed E-state index contributed by atoms with van der Waals surface area (Å²) in [6.45, 7) is 2.54. The first-order valence-electron chi connectivity index (χ1n) is 6.02. The standard InChI is InChI=1S/C12H14N4O2S/c1-9-14-7-12(15-9)19(17,18)16-6-4-11-10(8-16)3-2-5-13-11/h2-3,5,7H,4,6,8H2,1H3,(H,14,15). The van der Waals surface area contributed by atoms with Gasteiger partial charge in [0.15, 0.2) is 5.03 Å². The molecule has 3 heterocycles. The summed E-state index contributed by atoms with van der Waals surface area (Å²) in [6.07, 6.45) is 3.74. The number of pyridine rings is 1. The monoisotopic (exact) mass is 278 g/mol. The summed E-state index contributed by atoms with van der Waals surface area (Å²) in [7, 11) is -3.50. The van der Waals surface area contributed by atoms with Crippen molar-refractivity contribution in [2.75, 3.05) is 6.54 Å². The molecule has 0 unspecified atom stereocenters. The van der Waals surface area contributed by atoms with E-state index >= 15 is 0 Å². The zero-order valence-corrected chi connectivity index (χ0v) is 11.3. The second-order valence-corrected chi connectivity index (χ2v) is 6.44. The number of rotatable bonds is 2. The molecule has 0 atom stereocenters. The third-order valence-electron chi connectivity index (χ3n) is 3.23. The number of aromatic nitrogens is 3. The van der Waals surface area contributed by atoms with Crippen LogP contribution in [0.15, 0.2) is 29.6 Å². The van der Waals surface area contributed by atoms with Crippen molar-refractivity contribution in [3.05, 3.63) is 41.6 Å².